The van der Waals surface area contributed by atoms with Crippen LogP contribution in [0, 0.1) is 11.7 Å². The third-order valence-corrected chi connectivity index (χ3v) is 4.41. The highest BCUT2D eigenvalue weighted by Gasteiger charge is 2.22. The Balaban J connectivity index is 2.47. The number of halogens is 1. The maximum atomic E-state index is 14.5. The van der Waals surface area contributed by atoms with Crippen molar-refractivity contribution in [2.45, 2.75) is 38.5 Å². The van der Waals surface area contributed by atoms with Gasteiger partial charge in [-0.15, -0.1) is 5.10 Å². The number of primary sulfonamides is 1. The highest BCUT2D eigenvalue weighted by molar-refractivity contribution is 7.89. The molecular formula is C16H22FN5O3S. The fraction of sp³-hybridized carbons (Fsp3) is 0.438. The van der Waals surface area contributed by atoms with Crippen LogP contribution in [0.25, 0.3) is 5.69 Å². The van der Waals surface area contributed by atoms with E-state index in [0.717, 1.165) is 6.07 Å². The molecule has 142 valence electrons. The first-order valence-corrected chi connectivity index (χ1v) is 9.63. The number of amides is 1. The average Bonchev–Trinajstić information content (AvgIpc) is 2.96. The van der Waals surface area contributed by atoms with Crippen molar-refractivity contribution in [1.29, 1.82) is 0 Å². The van der Waals surface area contributed by atoms with Gasteiger partial charge in [-0.25, -0.2) is 27.6 Å². The summed E-state index contributed by atoms with van der Waals surface area (Å²) in [4.78, 5) is 16.1. The number of benzene rings is 1. The minimum absolute atomic E-state index is 0.0171. The van der Waals surface area contributed by atoms with Crippen molar-refractivity contribution in [2.24, 2.45) is 11.1 Å². The van der Waals surface area contributed by atoms with E-state index in [-0.39, 0.29) is 28.2 Å². The van der Waals surface area contributed by atoms with Crippen LogP contribution in [-0.4, -0.2) is 35.6 Å². The Labute approximate surface area is 151 Å². The molecule has 0 radical (unpaired) electrons. The molecule has 0 fully saturated rings. The van der Waals surface area contributed by atoms with Crippen molar-refractivity contribution in [2.75, 3.05) is 6.54 Å². The Morgan fingerprint density at radius 2 is 1.96 bits per heavy atom. The molecule has 10 heteroatoms. The number of sulfonamides is 1. The zero-order valence-electron chi connectivity index (χ0n) is 15.0. The van der Waals surface area contributed by atoms with Crippen LogP contribution >= 0.6 is 0 Å². The lowest BCUT2D eigenvalue weighted by Crippen LogP contribution is -2.28. The smallest absolute Gasteiger partial charge is 0.290 e. The van der Waals surface area contributed by atoms with E-state index in [0.29, 0.717) is 12.4 Å². The number of nitrogens with one attached hydrogen (secondary N) is 1. The zero-order valence-corrected chi connectivity index (χ0v) is 15.8. The summed E-state index contributed by atoms with van der Waals surface area (Å²) in [6.45, 7) is 8.02. The fourth-order valence-electron chi connectivity index (χ4n) is 2.18. The second-order valence-corrected chi connectivity index (χ2v) is 8.18. The Morgan fingerprint density at radius 1 is 1.31 bits per heavy atom. The number of nitrogens with two attached hydrogens (primary N) is 1. The summed E-state index contributed by atoms with van der Waals surface area (Å²) < 4.78 is 38.4. The molecular weight excluding hydrogens is 361 g/mol. The van der Waals surface area contributed by atoms with Gasteiger partial charge in [-0.1, -0.05) is 27.7 Å². The summed E-state index contributed by atoms with van der Waals surface area (Å²) in [5, 5.41) is 11.8. The van der Waals surface area contributed by atoms with Crippen molar-refractivity contribution < 1.29 is 17.6 Å². The highest BCUT2D eigenvalue weighted by Crippen LogP contribution is 2.22. The molecule has 1 amide bonds. The van der Waals surface area contributed by atoms with Gasteiger partial charge < -0.3 is 5.32 Å². The first kappa shape index (κ1) is 20.0. The van der Waals surface area contributed by atoms with E-state index in [9.17, 15) is 17.6 Å². The number of rotatable bonds is 6. The first-order valence-electron chi connectivity index (χ1n) is 8.08. The number of carbonyl (C=O) groups is 1. The number of carbonyl (C=O) groups excluding carboxylic acids is 1. The maximum Gasteiger partial charge on any atom is 0.290 e. The van der Waals surface area contributed by atoms with Crippen LogP contribution < -0.4 is 10.5 Å². The molecule has 0 bridgehead atoms. The summed E-state index contributed by atoms with van der Waals surface area (Å²) in [5.74, 6) is -0.884. The molecule has 26 heavy (non-hydrogen) atoms. The van der Waals surface area contributed by atoms with E-state index in [1.54, 1.807) is 0 Å². The molecule has 0 aliphatic heterocycles. The van der Waals surface area contributed by atoms with Gasteiger partial charge in [0, 0.05) is 12.5 Å². The van der Waals surface area contributed by atoms with E-state index >= 15 is 0 Å². The summed E-state index contributed by atoms with van der Waals surface area (Å²) in [6.07, 6.45) is 0. The summed E-state index contributed by atoms with van der Waals surface area (Å²) in [6, 6.07) is 3.23. The molecule has 0 spiro atoms. The number of hydrogen-bond donors (Lipinski definition) is 2. The van der Waals surface area contributed by atoms with Gasteiger partial charge in [0.1, 0.15) is 17.3 Å². The standard InChI is InChI=1S/C16H22FN5O3S/c1-9(2)8-19-16(23)14-20-15(10(3)4)22(21-14)13-6-5-11(7-12(13)17)26(18,24)25/h5-7,9-10H,8H2,1-4H3,(H,19,23)(H2,18,24,25). The predicted octanol–water partition coefficient (Wildman–Crippen LogP) is 1.56. The molecule has 2 aromatic rings. The Hall–Kier alpha value is -2.33. The Bertz CT molecular complexity index is 922. The Morgan fingerprint density at radius 3 is 2.46 bits per heavy atom. The van der Waals surface area contributed by atoms with Gasteiger partial charge in [0.25, 0.3) is 5.91 Å². The Kier molecular flexibility index (Phi) is 5.77. The van der Waals surface area contributed by atoms with E-state index in [1.165, 1.54) is 16.8 Å². The molecule has 1 heterocycles. The van der Waals surface area contributed by atoms with Crippen LogP contribution in [0.5, 0.6) is 0 Å². The number of nitrogens with zero attached hydrogens (tertiary/aromatic N) is 3. The molecule has 0 aliphatic rings. The van der Waals surface area contributed by atoms with Crippen LogP contribution in [0.2, 0.25) is 0 Å². The van der Waals surface area contributed by atoms with Crippen LogP contribution in [-0.2, 0) is 10.0 Å². The third-order valence-electron chi connectivity index (χ3n) is 3.50. The molecule has 1 aromatic carbocycles. The zero-order chi connectivity index (χ0) is 19.6. The second-order valence-electron chi connectivity index (χ2n) is 6.62. The topological polar surface area (TPSA) is 120 Å². The molecule has 0 saturated carbocycles. The van der Waals surface area contributed by atoms with Gasteiger partial charge in [0.2, 0.25) is 15.8 Å². The lowest BCUT2D eigenvalue weighted by atomic mass is 10.2. The monoisotopic (exact) mass is 383 g/mol. The van der Waals surface area contributed by atoms with Gasteiger partial charge in [0.15, 0.2) is 0 Å². The lowest BCUT2D eigenvalue weighted by molar-refractivity contribution is 0.0938. The summed E-state index contributed by atoms with van der Waals surface area (Å²) in [5.41, 5.74) is -0.0171. The van der Waals surface area contributed by atoms with Gasteiger partial charge in [-0.3, -0.25) is 4.79 Å². The SMILES string of the molecule is CC(C)CNC(=O)c1nc(C(C)C)n(-c2ccc(S(N)(=O)=O)cc2F)n1. The third kappa shape index (κ3) is 4.44. The highest BCUT2D eigenvalue weighted by atomic mass is 32.2. The summed E-state index contributed by atoms with van der Waals surface area (Å²) >= 11 is 0. The second kappa shape index (κ2) is 7.50. The van der Waals surface area contributed by atoms with E-state index < -0.39 is 21.7 Å². The molecule has 0 saturated heterocycles. The van der Waals surface area contributed by atoms with Gasteiger partial charge in [-0.2, -0.15) is 0 Å². The molecule has 0 atom stereocenters. The molecule has 0 unspecified atom stereocenters. The first-order chi connectivity index (χ1) is 12.0. The van der Waals surface area contributed by atoms with Gasteiger partial charge in [-0.05, 0) is 24.1 Å². The normalized spacial score (nSPS) is 12.0. The van der Waals surface area contributed by atoms with Crippen molar-refractivity contribution in [3.05, 3.63) is 35.7 Å². The fourth-order valence-corrected chi connectivity index (χ4v) is 2.71. The number of aromatic nitrogens is 3. The van der Waals surface area contributed by atoms with Crippen molar-refractivity contribution in [1.82, 2.24) is 20.1 Å². The lowest BCUT2D eigenvalue weighted by Gasteiger charge is -2.10. The van der Waals surface area contributed by atoms with Crippen LogP contribution in [0.4, 0.5) is 4.39 Å². The molecule has 0 aliphatic carbocycles. The molecule has 8 nitrogen and oxygen atoms in total. The van der Waals surface area contributed by atoms with Crippen LogP contribution in [0.3, 0.4) is 0 Å². The minimum Gasteiger partial charge on any atom is -0.349 e. The minimum atomic E-state index is -4.02. The van der Waals surface area contributed by atoms with Crippen molar-refractivity contribution in [3.63, 3.8) is 0 Å². The van der Waals surface area contributed by atoms with E-state index in [1.807, 2.05) is 27.7 Å². The van der Waals surface area contributed by atoms with E-state index in [2.05, 4.69) is 15.4 Å². The van der Waals surface area contributed by atoms with E-state index in [4.69, 9.17) is 5.14 Å². The molecule has 2 rings (SSSR count). The van der Waals surface area contributed by atoms with Crippen molar-refractivity contribution in [3.8, 4) is 5.69 Å². The number of hydrogen-bond acceptors (Lipinski definition) is 5. The predicted molar refractivity (Wildman–Crippen MR) is 94.0 cm³/mol. The summed E-state index contributed by atoms with van der Waals surface area (Å²) in [7, 11) is -4.02. The molecule has 1 aromatic heterocycles. The molecule has 3 N–H and O–H groups in total. The van der Waals surface area contributed by atoms with Gasteiger partial charge >= 0.3 is 0 Å². The van der Waals surface area contributed by atoms with Crippen molar-refractivity contribution >= 4 is 15.9 Å². The maximum absolute atomic E-state index is 14.5. The van der Waals surface area contributed by atoms with Crippen LogP contribution in [0.1, 0.15) is 50.1 Å². The van der Waals surface area contributed by atoms with Crippen LogP contribution in [0.15, 0.2) is 23.1 Å². The quantitative estimate of drug-likeness (QED) is 0.784. The van der Waals surface area contributed by atoms with Gasteiger partial charge in [0.05, 0.1) is 4.90 Å². The largest absolute Gasteiger partial charge is 0.349 e. The average molecular weight is 383 g/mol.